The van der Waals surface area contributed by atoms with E-state index in [1.807, 2.05) is 20.2 Å². The Morgan fingerprint density at radius 2 is 2.47 bits per heavy atom. The lowest BCUT2D eigenvalue weighted by atomic mass is 10.0. The highest BCUT2D eigenvalue weighted by molar-refractivity contribution is 5.82. The number of amides is 1. The van der Waals surface area contributed by atoms with Crippen molar-refractivity contribution in [1.82, 2.24) is 20.4 Å². The molecule has 1 fully saturated rings. The number of nitrogens with zero attached hydrogens (tertiary/aromatic N) is 2. The molecule has 0 radical (unpaired) electrons. The van der Waals surface area contributed by atoms with Crippen molar-refractivity contribution in [2.75, 3.05) is 6.54 Å². The smallest absolute Gasteiger partial charge is 0.237 e. The van der Waals surface area contributed by atoms with E-state index in [9.17, 15) is 4.79 Å². The van der Waals surface area contributed by atoms with Crippen molar-refractivity contribution in [2.24, 2.45) is 7.05 Å². The Morgan fingerprint density at radius 3 is 3.06 bits per heavy atom. The molecule has 1 amide bonds. The van der Waals surface area contributed by atoms with E-state index < -0.39 is 0 Å². The lowest BCUT2D eigenvalue weighted by Gasteiger charge is -2.24. The van der Waals surface area contributed by atoms with Crippen LogP contribution in [-0.2, 0) is 11.8 Å². The maximum atomic E-state index is 12.0. The van der Waals surface area contributed by atoms with Crippen molar-refractivity contribution in [3.63, 3.8) is 0 Å². The van der Waals surface area contributed by atoms with Crippen LogP contribution in [0.1, 0.15) is 37.8 Å². The van der Waals surface area contributed by atoms with Crippen LogP contribution in [0.15, 0.2) is 12.4 Å². The Labute approximate surface area is 102 Å². The Bertz CT molecular complexity index is 382. The Balaban J connectivity index is 1.89. The van der Waals surface area contributed by atoms with Crippen LogP contribution in [0.25, 0.3) is 0 Å². The van der Waals surface area contributed by atoms with Crippen molar-refractivity contribution >= 4 is 5.91 Å². The van der Waals surface area contributed by atoms with E-state index >= 15 is 0 Å². The standard InChI is InChI=1S/C12H20N4O/c1-9(10-7-14-16(2)8-10)15-12(17)11-5-3-4-6-13-11/h7-9,11,13H,3-6H2,1-2H3,(H,15,17)/t9?,11-/m1/s1. The molecule has 0 saturated carbocycles. The minimum absolute atomic E-state index is 0.0138. The molecule has 1 aliphatic heterocycles. The molecule has 17 heavy (non-hydrogen) atoms. The predicted octanol–water partition coefficient (Wildman–Crippen LogP) is 0.739. The monoisotopic (exact) mass is 236 g/mol. The maximum Gasteiger partial charge on any atom is 0.237 e. The second kappa shape index (κ2) is 5.31. The zero-order valence-corrected chi connectivity index (χ0v) is 10.4. The molecule has 0 spiro atoms. The number of carbonyl (C=O) groups excluding carboxylic acids is 1. The van der Waals surface area contributed by atoms with E-state index in [-0.39, 0.29) is 18.0 Å². The molecule has 1 saturated heterocycles. The van der Waals surface area contributed by atoms with Crippen molar-refractivity contribution in [3.05, 3.63) is 18.0 Å². The van der Waals surface area contributed by atoms with Gasteiger partial charge in [-0.05, 0) is 26.3 Å². The first-order valence-electron chi connectivity index (χ1n) is 6.19. The Kier molecular flexibility index (Phi) is 3.78. The molecule has 1 aromatic rings. The van der Waals surface area contributed by atoms with Crippen LogP contribution in [0.2, 0.25) is 0 Å². The fourth-order valence-corrected chi connectivity index (χ4v) is 2.14. The highest BCUT2D eigenvalue weighted by Crippen LogP contribution is 2.12. The summed E-state index contributed by atoms with van der Waals surface area (Å²) in [5.41, 5.74) is 1.04. The number of piperidine rings is 1. The zero-order valence-electron chi connectivity index (χ0n) is 10.4. The molecular formula is C12H20N4O. The number of nitrogens with one attached hydrogen (secondary N) is 2. The number of aromatic nitrogens is 2. The molecule has 1 unspecified atom stereocenters. The average molecular weight is 236 g/mol. The van der Waals surface area contributed by atoms with Gasteiger partial charge >= 0.3 is 0 Å². The molecule has 1 aromatic heterocycles. The second-order valence-corrected chi connectivity index (χ2v) is 4.68. The zero-order chi connectivity index (χ0) is 12.3. The van der Waals surface area contributed by atoms with Gasteiger partial charge in [0.1, 0.15) is 0 Å². The number of hydrogen-bond acceptors (Lipinski definition) is 3. The molecule has 2 heterocycles. The summed E-state index contributed by atoms with van der Waals surface area (Å²) >= 11 is 0. The summed E-state index contributed by atoms with van der Waals surface area (Å²) < 4.78 is 1.75. The van der Waals surface area contributed by atoms with Crippen LogP contribution in [0.5, 0.6) is 0 Å². The van der Waals surface area contributed by atoms with Crippen LogP contribution >= 0.6 is 0 Å². The number of carbonyl (C=O) groups is 1. The van der Waals surface area contributed by atoms with E-state index in [1.54, 1.807) is 10.9 Å². The summed E-state index contributed by atoms with van der Waals surface area (Å²) in [5.74, 6) is 0.0982. The van der Waals surface area contributed by atoms with Crippen molar-refractivity contribution < 1.29 is 4.79 Å². The molecule has 0 bridgehead atoms. The molecule has 94 valence electrons. The molecule has 2 rings (SSSR count). The average Bonchev–Trinajstić information content (AvgIpc) is 2.77. The van der Waals surface area contributed by atoms with Gasteiger partial charge in [-0.1, -0.05) is 6.42 Å². The molecule has 0 aliphatic carbocycles. The lowest BCUT2D eigenvalue weighted by molar-refractivity contribution is -0.124. The van der Waals surface area contributed by atoms with Gasteiger partial charge in [-0.2, -0.15) is 5.10 Å². The summed E-state index contributed by atoms with van der Waals surface area (Å²) in [5, 5.41) is 10.4. The second-order valence-electron chi connectivity index (χ2n) is 4.68. The highest BCUT2D eigenvalue weighted by atomic mass is 16.2. The van der Waals surface area contributed by atoms with Gasteiger partial charge in [0.25, 0.3) is 0 Å². The van der Waals surface area contributed by atoms with Gasteiger partial charge in [0.2, 0.25) is 5.91 Å². The Morgan fingerprint density at radius 1 is 1.65 bits per heavy atom. The number of hydrogen-bond donors (Lipinski definition) is 2. The first-order chi connectivity index (χ1) is 8.16. The van der Waals surface area contributed by atoms with Gasteiger partial charge in [-0.3, -0.25) is 9.48 Å². The Hall–Kier alpha value is -1.36. The minimum Gasteiger partial charge on any atom is -0.348 e. The normalized spacial score (nSPS) is 22.1. The third-order valence-corrected chi connectivity index (χ3v) is 3.21. The summed E-state index contributed by atoms with van der Waals surface area (Å²) in [7, 11) is 1.88. The van der Waals surface area contributed by atoms with Gasteiger partial charge in [0.05, 0.1) is 18.3 Å². The lowest BCUT2D eigenvalue weighted by Crippen LogP contribution is -2.47. The summed E-state index contributed by atoms with van der Waals surface area (Å²) in [4.78, 5) is 12.0. The van der Waals surface area contributed by atoms with Gasteiger partial charge < -0.3 is 10.6 Å². The molecule has 5 heteroatoms. The van der Waals surface area contributed by atoms with Gasteiger partial charge in [0, 0.05) is 18.8 Å². The molecule has 0 aromatic carbocycles. The van der Waals surface area contributed by atoms with Crippen LogP contribution in [-0.4, -0.2) is 28.3 Å². The van der Waals surface area contributed by atoms with Crippen molar-refractivity contribution in [3.8, 4) is 0 Å². The van der Waals surface area contributed by atoms with E-state index in [2.05, 4.69) is 15.7 Å². The highest BCUT2D eigenvalue weighted by Gasteiger charge is 2.22. The molecule has 2 N–H and O–H groups in total. The third-order valence-electron chi connectivity index (χ3n) is 3.21. The molecule has 1 aliphatic rings. The minimum atomic E-state index is -0.0251. The predicted molar refractivity (Wildman–Crippen MR) is 65.4 cm³/mol. The summed E-state index contributed by atoms with van der Waals surface area (Å²) in [6.45, 7) is 2.93. The van der Waals surface area contributed by atoms with Gasteiger partial charge in [-0.25, -0.2) is 0 Å². The third kappa shape index (κ3) is 3.06. The number of rotatable bonds is 3. The topological polar surface area (TPSA) is 59.0 Å². The fourth-order valence-electron chi connectivity index (χ4n) is 2.14. The van der Waals surface area contributed by atoms with Crippen molar-refractivity contribution in [1.29, 1.82) is 0 Å². The maximum absolute atomic E-state index is 12.0. The van der Waals surface area contributed by atoms with E-state index in [0.29, 0.717) is 0 Å². The first kappa shape index (κ1) is 12.1. The quantitative estimate of drug-likeness (QED) is 0.814. The fraction of sp³-hybridized carbons (Fsp3) is 0.667. The largest absolute Gasteiger partial charge is 0.348 e. The number of aryl methyl sites for hydroxylation is 1. The molecular weight excluding hydrogens is 216 g/mol. The van der Waals surface area contributed by atoms with Crippen LogP contribution in [0, 0.1) is 0 Å². The van der Waals surface area contributed by atoms with Gasteiger partial charge in [0.15, 0.2) is 0 Å². The van der Waals surface area contributed by atoms with Crippen molar-refractivity contribution in [2.45, 2.75) is 38.3 Å². The molecule has 2 atom stereocenters. The van der Waals surface area contributed by atoms with Crippen LogP contribution in [0.3, 0.4) is 0 Å². The molecule has 5 nitrogen and oxygen atoms in total. The first-order valence-corrected chi connectivity index (χ1v) is 6.19. The van der Waals surface area contributed by atoms with E-state index in [1.165, 1.54) is 6.42 Å². The van der Waals surface area contributed by atoms with Crippen LogP contribution < -0.4 is 10.6 Å². The summed E-state index contributed by atoms with van der Waals surface area (Å²) in [6.07, 6.45) is 6.96. The summed E-state index contributed by atoms with van der Waals surface area (Å²) in [6, 6.07) is -0.0113. The van der Waals surface area contributed by atoms with E-state index in [0.717, 1.165) is 24.9 Å². The van der Waals surface area contributed by atoms with Crippen LogP contribution in [0.4, 0.5) is 0 Å². The SMILES string of the molecule is CC(NC(=O)[C@H]1CCCCN1)c1cnn(C)c1. The van der Waals surface area contributed by atoms with Gasteiger partial charge in [-0.15, -0.1) is 0 Å². The van der Waals surface area contributed by atoms with E-state index in [4.69, 9.17) is 0 Å².